The molecule has 0 aromatic heterocycles. The standard InChI is InChI=1S/C18H20N2O/c1-3-12-6-4-5-7-15(12)18(19-2)13-8-9-16-14(10-13)11-17(21)20-16/h4-10,18-19H,3,11H2,1-2H3,(H,20,21). The Labute approximate surface area is 125 Å². The zero-order valence-electron chi connectivity index (χ0n) is 12.4. The SMILES string of the molecule is CCc1ccccc1C(NC)c1ccc2c(c1)CC(=O)N2. The molecule has 1 unspecified atom stereocenters. The third-order valence-electron chi connectivity index (χ3n) is 4.12. The first-order valence-corrected chi connectivity index (χ1v) is 7.40. The number of benzene rings is 2. The molecule has 0 radical (unpaired) electrons. The Kier molecular flexibility index (Phi) is 3.76. The van der Waals surface area contributed by atoms with E-state index in [9.17, 15) is 4.79 Å². The molecule has 1 atom stereocenters. The predicted octanol–water partition coefficient (Wildman–Crippen LogP) is 3.05. The molecular weight excluding hydrogens is 260 g/mol. The molecule has 3 rings (SSSR count). The average molecular weight is 280 g/mol. The molecule has 1 aliphatic rings. The van der Waals surface area contributed by atoms with E-state index in [0.29, 0.717) is 6.42 Å². The number of carbonyl (C=O) groups excluding carboxylic acids is 1. The Morgan fingerprint density at radius 1 is 1.24 bits per heavy atom. The number of fused-ring (bicyclic) bond motifs is 1. The summed E-state index contributed by atoms with van der Waals surface area (Å²) in [6.07, 6.45) is 1.49. The summed E-state index contributed by atoms with van der Waals surface area (Å²) in [7, 11) is 1.98. The van der Waals surface area contributed by atoms with Gasteiger partial charge in [0.25, 0.3) is 0 Å². The maximum atomic E-state index is 11.5. The lowest BCUT2D eigenvalue weighted by atomic mass is 9.92. The van der Waals surface area contributed by atoms with Gasteiger partial charge < -0.3 is 10.6 Å². The molecule has 3 heteroatoms. The summed E-state index contributed by atoms with van der Waals surface area (Å²) in [5.74, 6) is 0.0807. The molecule has 2 N–H and O–H groups in total. The lowest BCUT2D eigenvalue weighted by Crippen LogP contribution is -2.19. The minimum absolute atomic E-state index is 0.0807. The number of rotatable bonds is 4. The van der Waals surface area contributed by atoms with Gasteiger partial charge in [-0.25, -0.2) is 0 Å². The van der Waals surface area contributed by atoms with E-state index in [-0.39, 0.29) is 11.9 Å². The highest BCUT2D eigenvalue weighted by Crippen LogP contribution is 2.30. The van der Waals surface area contributed by atoms with Crippen LogP contribution >= 0.6 is 0 Å². The number of hydrogen-bond donors (Lipinski definition) is 2. The van der Waals surface area contributed by atoms with Crippen molar-refractivity contribution in [3.63, 3.8) is 0 Å². The Hall–Kier alpha value is -2.13. The molecule has 1 aliphatic heterocycles. The highest BCUT2D eigenvalue weighted by molar-refractivity contribution is 5.99. The molecule has 0 saturated heterocycles. The van der Waals surface area contributed by atoms with Crippen LogP contribution in [0.5, 0.6) is 0 Å². The molecule has 21 heavy (non-hydrogen) atoms. The van der Waals surface area contributed by atoms with Crippen LogP contribution in [-0.4, -0.2) is 13.0 Å². The summed E-state index contributed by atoms with van der Waals surface area (Å²) in [5.41, 5.74) is 5.90. The topological polar surface area (TPSA) is 41.1 Å². The molecule has 0 aliphatic carbocycles. The van der Waals surface area contributed by atoms with Gasteiger partial charge in [0, 0.05) is 5.69 Å². The van der Waals surface area contributed by atoms with E-state index in [2.05, 4.69) is 54.0 Å². The van der Waals surface area contributed by atoms with Crippen molar-refractivity contribution >= 4 is 11.6 Å². The fourth-order valence-corrected chi connectivity index (χ4v) is 3.07. The Morgan fingerprint density at radius 2 is 2.05 bits per heavy atom. The number of amides is 1. The van der Waals surface area contributed by atoms with E-state index in [1.807, 2.05) is 13.1 Å². The van der Waals surface area contributed by atoms with Crippen molar-refractivity contribution in [1.29, 1.82) is 0 Å². The second-order valence-electron chi connectivity index (χ2n) is 5.42. The van der Waals surface area contributed by atoms with Crippen LogP contribution in [0, 0.1) is 0 Å². The first kappa shape index (κ1) is 13.8. The monoisotopic (exact) mass is 280 g/mol. The number of carbonyl (C=O) groups is 1. The molecule has 2 aromatic rings. The number of hydrogen-bond acceptors (Lipinski definition) is 2. The normalized spacial score (nSPS) is 14.7. The number of anilines is 1. The van der Waals surface area contributed by atoms with Gasteiger partial charge in [-0.3, -0.25) is 4.79 Å². The van der Waals surface area contributed by atoms with Crippen molar-refractivity contribution < 1.29 is 4.79 Å². The van der Waals surface area contributed by atoms with E-state index in [4.69, 9.17) is 0 Å². The van der Waals surface area contributed by atoms with Gasteiger partial charge in [0.05, 0.1) is 12.5 Å². The van der Waals surface area contributed by atoms with E-state index in [1.165, 1.54) is 16.7 Å². The van der Waals surface area contributed by atoms with E-state index in [1.54, 1.807) is 0 Å². The van der Waals surface area contributed by atoms with Gasteiger partial charge in [-0.2, -0.15) is 0 Å². The van der Waals surface area contributed by atoms with Crippen LogP contribution in [0.1, 0.15) is 35.2 Å². The molecule has 2 aromatic carbocycles. The fraction of sp³-hybridized carbons (Fsp3) is 0.278. The Bertz CT molecular complexity index is 679. The first-order chi connectivity index (χ1) is 10.2. The molecule has 1 heterocycles. The zero-order valence-corrected chi connectivity index (χ0v) is 12.4. The van der Waals surface area contributed by atoms with Crippen LogP contribution in [-0.2, 0) is 17.6 Å². The van der Waals surface area contributed by atoms with Crippen molar-refractivity contribution in [3.8, 4) is 0 Å². The van der Waals surface area contributed by atoms with Gasteiger partial charge in [-0.1, -0.05) is 43.3 Å². The summed E-state index contributed by atoms with van der Waals surface area (Å²) >= 11 is 0. The third-order valence-corrected chi connectivity index (χ3v) is 4.12. The van der Waals surface area contributed by atoms with Crippen molar-refractivity contribution in [3.05, 3.63) is 64.7 Å². The van der Waals surface area contributed by atoms with Crippen molar-refractivity contribution in [2.45, 2.75) is 25.8 Å². The summed E-state index contributed by atoms with van der Waals surface area (Å²) in [4.78, 5) is 11.5. The van der Waals surface area contributed by atoms with Crippen LogP contribution in [0.4, 0.5) is 5.69 Å². The van der Waals surface area contributed by atoms with Crippen LogP contribution < -0.4 is 10.6 Å². The molecule has 0 saturated carbocycles. The maximum Gasteiger partial charge on any atom is 0.228 e. The molecule has 0 bridgehead atoms. The average Bonchev–Trinajstić information content (AvgIpc) is 2.88. The summed E-state index contributed by atoms with van der Waals surface area (Å²) in [5, 5.41) is 6.29. The summed E-state index contributed by atoms with van der Waals surface area (Å²) in [6.45, 7) is 2.18. The van der Waals surface area contributed by atoms with E-state index >= 15 is 0 Å². The molecule has 0 fully saturated rings. The lowest BCUT2D eigenvalue weighted by molar-refractivity contribution is -0.115. The molecule has 1 amide bonds. The van der Waals surface area contributed by atoms with Crippen molar-refractivity contribution in [2.24, 2.45) is 0 Å². The molecular formula is C18H20N2O. The highest BCUT2D eigenvalue weighted by Gasteiger charge is 2.21. The maximum absolute atomic E-state index is 11.5. The molecule has 108 valence electrons. The second kappa shape index (κ2) is 5.70. The highest BCUT2D eigenvalue weighted by atomic mass is 16.1. The summed E-state index contributed by atoms with van der Waals surface area (Å²) < 4.78 is 0. The van der Waals surface area contributed by atoms with Gasteiger partial charge >= 0.3 is 0 Å². The molecule has 0 spiro atoms. The Morgan fingerprint density at radius 3 is 2.81 bits per heavy atom. The van der Waals surface area contributed by atoms with Gasteiger partial charge in [-0.15, -0.1) is 0 Å². The summed E-state index contributed by atoms with van der Waals surface area (Å²) in [6, 6.07) is 14.9. The van der Waals surface area contributed by atoms with E-state index in [0.717, 1.165) is 17.7 Å². The van der Waals surface area contributed by atoms with E-state index < -0.39 is 0 Å². The second-order valence-corrected chi connectivity index (χ2v) is 5.42. The van der Waals surface area contributed by atoms with Gasteiger partial charge in [0.2, 0.25) is 5.91 Å². The van der Waals surface area contributed by atoms with Crippen molar-refractivity contribution in [1.82, 2.24) is 5.32 Å². The number of aryl methyl sites for hydroxylation is 1. The van der Waals surface area contributed by atoms with Gasteiger partial charge in [0.1, 0.15) is 0 Å². The first-order valence-electron chi connectivity index (χ1n) is 7.40. The van der Waals surface area contributed by atoms with Gasteiger partial charge in [0.15, 0.2) is 0 Å². The predicted molar refractivity (Wildman–Crippen MR) is 85.5 cm³/mol. The zero-order chi connectivity index (χ0) is 14.8. The number of nitrogens with one attached hydrogen (secondary N) is 2. The minimum Gasteiger partial charge on any atom is -0.326 e. The van der Waals surface area contributed by atoms with Crippen LogP contribution in [0.3, 0.4) is 0 Å². The fourth-order valence-electron chi connectivity index (χ4n) is 3.07. The molecule has 3 nitrogen and oxygen atoms in total. The minimum atomic E-state index is 0.0807. The Balaban J connectivity index is 2.01. The third kappa shape index (κ3) is 2.57. The van der Waals surface area contributed by atoms with Crippen LogP contribution in [0.2, 0.25) is 0 Å². The lowest BCUT2D eigenvalue weighted by Gasteiger charge is -2.21. The van der Waals surface area contributed by atoms with Crippen molar-refractivity contribution in [2.75, 3.05) is 12.4 Å². The van der Waals surface area contributed by atoms with Gasteiger partial charge in [-0.05, 0) is 41.8 Å². The smallest absolute Gasteiger partial charge is 0.228 e. The quantitative estimate of drug-likeness (QED) is 0.903. The van der Waals surface area contributed by atoms with Crippen LogP contribution in [0.25, 0.3) is 0 Å². The van der Waals surface area contributed by atoms with Crippen LogP contribution in [0.15, 0.2) is 42.5 Å². The largest absolute Gasteiger partial charge is 0.326 e.